The molecule has 0 radical (unpaired) electrons. The SMILES string of the molecule is Cc1ccc2oc3cc(NC4CCCCC4)c4c(=O)c5ccccc5c(=O)c4c3[nH]c2c1. The van der Waals surface area contributed by atoms with Crippen molar-refractivity contribution in [2.45, 2.75) is 45.1 Å². The number of fused-ring (bicyclic) bond motifs is 5. The predicted octanol–water partition coefficient (Wildman–Crippen LogP) is 5.99. The largest absolute Gasteiger partial charge is 0.453 e. The number of H-pyrrole nitrogens is 1. The topological polar surface area (TPSA) is 75.1 Å². The van der Waals surface area contributed by atoms with Gasteiger partial charge in [-0.2, -0.15) is 0 Å². The third kappa shape index (κ3) is 2.92. The van der Waals surface area contributed by atoms with Crippen LogP contribution < -0.4 is 16.2 Å². The summed E-state index contributed by atoms with van der Waals surface area (Å²) >= 11 is 0. The molecule has 1 heterocycles. The zero-order valence-electron chi connectivity index (χ0n) is 18.0. The minimum atomic E-state index is -0.147. The number of hydrogen-bond donors (Lipinski definition) is 2. The van der Waals surface area contributed by atoms with Gasteiger partial charge in [0, 0.05) is 22.9 Å². The van der Waals surface area contributed by atoms with Crippen molar-refractivity contribution < 1.29 is 4.42 Å². The Kier molecular flexibility index (Phi) is 4.32. The monoisotopic (exact) mass is 424 g/mol. The van der Waals surface area contributed by atoms with Gasteiger partial charge in [0.2, 0.25) is 0 Å². The Bertz CT molecular complexity index is 1640. The van der Waals surface area contributed by atoms with Crippen LogP contribution in [0.5, 0.6) is 0 Å². The smallest absolute Gasteiger partial charge is 0.196 e. The fraction of sp³-hybridized carbons (Fsp3) is 0.259. The highest BCUT2D eigenvalue weighted by Crippen LogP contribution is 2.33. The molecule has 32 heavy (non-hydrogen) atoms. The Labute approximate surface area is 184 Å². The molecule has 1 aliphatic rings. The van der Waals surface area contributed by atoms with Gasteiger partial charge in [-0.1, -0.05) is 49.6 Å². The maximum Gasteiger partial charge on any atom is 0.196 e. The molecule has 5 heteroatoms. The molecule has 2 N–H and O–H groups in total. The standard InChI is InChI=1S/C27H24N2O3/c1-15-11-12-21-19(13-15)29-25-22(32-21)14-20(28-16-7-3-2-4-8-16)23-24(25)27(31)18-10-6-5-9-17(18)26(23)30/h5-6,9-14,16,28-29H,2-4,7-8H2,1H3. The van der Waals surface area contributed by atoms with Crippen molar-refractivity contribution in [3.63, 3.8) is 0 Å². The molecule has 4 aromatic carbocycles. The lowest BCUT2D eigenvalue weighted by molar-refractivity contribution is 0.463. The summed E-state index contributed by atoms with van der Waals surface area (Å²) in [7, 11) is 0. The van der Waals surface area contributed by atoms with Gasteiger partial charge in [-0.05, 0) is 37.5 Å². The van der Waals surface area contributed by atoms with Crippen molar-refractivity contribution in [1.29, 1.82) is 0 Å². The van der Waals surface area contributed by atoms with E-state index < -0.39 is 0 Å². The molecule has 5 aromatic rings. The second-order valence-electron chi connectivity index (χ2n) is 8.96. The number of aromatic nitrogens is 1. The molecule has 1 fully saturated rings. The van der Waals surface area contributed by atoms with Gasteiger partial charge < -0.3 is 14.7 Å². The van der Waals surface area contributed by atoms with Gasteiger partial charge in [0.05, 0.1) is 27.5 Å². The number of benzene rings is 4. The van der Waals surface area contributed by atoms with E-state index in [1.54, 1.807) is 18.2 Å². The molecule has 160 valence electrons. The number of hydrogen-bond acceptors (Lipinski definition) is 4. The average Bonchev–Trinajstić information content (AvgIpc) is 2.81. The lowest BCUT2D eigenvalue weighted by Crippen LogP contribution is -2.24. The molecule has 0 saturated heterocycles. The van der Waals surface area contributed by atoms with Gasteiger partial charge in [0.15, 0.2) is 22.0 Å². The van der Waals surface area contributed by atoms with E-state index in [1.165, 1.54) is 19.3 Å². The molecule has 0 amide bonds. The van der Waals surface area contributed by atoms with Crippen molar-refractivity contribution in [1.82, 2.24) is 4.98 Å². The van der Waals surface area contributed by atoms with Gasteiger partial charge in [-0.3, -0.25) is 9.59 Å². The molecule has 0 aliphatic heterocycles. The van der Waals surface area contributed by atoms with E-state index in [0.29, 0.717) is 43.9 Å². The summed E-state index contributed by atoms with van der Waals surface area (Å²) in [5.74, 6) is 0. The Morgan fingerprint density at radius 1 is 0.875 bits per heavy atom. The maximum absolute atomic E-state index is 13.7. The second-order valence-corrected chi connectivity index (χ2v) is 8.96. The van der Waals surface area contributed by atoms with Gasteiger partial charge in [-0.15, -0.1) is 0 Å². The van der Waals surface area contributed by atoms with Crippen LogP contribution in [0.1, 0.15) is 37.7 Å². The summed E-state index contributed by atoms with van der Waals surface area (Å²) in [6.45, 7) is 2.01. The summed E-state index contributed by atoms with van der Waals surface area (Å²) in [5.41, 5.74) is 4.16. The number of aromatic amines is 1. The maximum atomic E-state index is 13.7. The van der Waals surface area contributed by atoms with Crippen LogP contribution >= 0.6 is 0 Å². The van der Waals surface area contributed by atoms with Crippen LogP contribution in [0, 0.1) is 6.92 Å². The Hall–Kier alpha value is -3.60. The third-order valence-corrected chi connectivity index (χ3v) is 6.74. The van der Waals surface area contributed by atoms with E-state index in [0.717, 1.165) is 23.9 Å². The summed E-state index contributed by atoms with van der Waals surface area (Å²) in [5, 5.41) is 5.35. The zero-order chi connectivity index (χ0) is 21.8. The van der Waals surface area contributed by atoms with E-state index in [-0.39, 0.29) is 16.9 Å². The molecule has 0 unspecified atom stereocenters. The van der Waals surface area contributed by atoms with Crippen LogP contribution in [-0.2, 0) is 0 Å². The highest BCUT2D eigenvalue weighted by atomic mass is 16.3. The first kappa shape index (κ1) is 19.1. The van der Waals surface area contributed by atoms with E-state index in [1.807, 2.05) is 37.3 Å². The molecule has 1 saturated carbocycles. The summed E-state index contributed by atoms with van der Waals surface area (Å²) < 4.78 is 6.23. The minimum Gasteiger partial charge on any atom is -0.453 e. The first-order valence-corrected chi connectivity index (χ1v) is 11.3. The van der Waals surface area contributed by atoms with Gasteiger partial charge >= 0.3 is 0 Å². The molecule has 1 aromatic heterocycles. The fourth-order valence-corrected chi connectivity index (χ4v) is 5.14. The van der Waals surface area contributed by atoms with Gasteiger partial charge in [0.1, 0.15) is 0 Å². The summed E-state index contributed by atoms with van der Waals surface area (Å²) in [6.07, 6.45) is 5.71. The number of rotatable bonds is 2. The average molecular weight is 425 g/mol. The lowest BCUT2D eigenvalue weighted by atomic mass is 9.94. The van der Waals surface area contributed by atoms with Crippen LogP contribution in [0.3, 0.4) is 0 Å². The van der Waals surface area contributed by atoms with E-state index in [2.05, 4.69) is 10.3 Å². The number of anilines is 1. The quantitative estimate of drug-likeness (QED) is 0.269. The summed E-state index contributed by atoms with van der Waals surface area (Å²) in [4.78, 5) is 30.7. The van der Waals surface area contributed by atoms with Crippen LogP contribution in [0.2, 0.25) is 0 Å². The van der Waals surface area contributed by atoms with Crippen LogP contribution in [0.4, 0.5) is 5.69 Å². The zero-order valence-corrected chi connectivity index (χ0v) is 18.0. The molecular formula is C27H24N2O3. The van der Waals surface area contributed by atoms with E-state index in [4.69, 9.17) is 4.42 Å². The van der Waals surface area contributed by atoms with E-state index >= 15 is 0 Å². The molecular weight excluding hydrogens is 400 g/mol. The minimum absolute atomic E-state index is 0.117. The molecule has 6 rings (SSSR count). The van der Waals surface area contributed by atoms with Crippen molar-refractivity contribution in [2.75, 3.05) is 5.32 Å². The highest BCUT2D eigenvalue weighted by Gasteiger charge is 2.21. The van der Waals surface area contributed by atoms with Crippen LogP contribution in [0.25, 0.3) is 43.7 Å². The highest BCUT2D eigenvalue weighted by molar-refractivity contribution is 6.14. The normalized spacial score (nSPS) is 15.2. The van der Waals surface area contributed by atoms with Crippen molar-refractivity contribution in [2.24, 2.45) is 0 Å². The third-order valence-electron chi connectivity index (χ3n) is 6.74. The lowest BCUT2D eigenvalue weighted by Gasteiger charge is -2.24. The number of nitrogens with one attached hydrogen (secondary N) is 2. The number of aryl methyl sites for hydroxylation is 1. The van der Waals surface area contributed by atoms with Crippen LogP contribution in [0.15, 0.2) is 62.5 Å². The van der Waals surface area contributed by atoms with Crippen molar-refractivity contribution >= 4 is 49.4 Å². The Morgan fingerprint density at radius 3 is 2.34 bits per heavy atom. The second kappa shape index (κ2) is 7.23. The van der Waals surface area contributed by atoms with Gasteiger partial charge in [0.25, 0.3) is 0 Å². The molecule has 5 nitrogen and oxygen atoms in total. The Morgan fingerprint density at radius 2 is 1.59 bits per heavy atom. The fourth-order valence-electron chi connectivity index (χ4n) is 5.14. The van der Waals surface area contributed by atoms with Crippen molar-refractivity contribution in [3.8, 4) is 0 Å². The predicted molar refractivity (Wildman–Crippen MR) is 131 cm³/mol. The van der Waals surface area contributed by atoms with Crippen molar-refractivity contribution in [3.05, 3.63) is 74.5 Å². The molecule has 0 bridgehead atoms. The van der Waals surface area contributed by atoms with Gasteiger partial charge in [-0.25, -0.2) is 0 Å². The first-order valence-electron chi connectivity index (χ1n) is 11.3. The Balaban J connectivity index is 1.77. The molecule has 0 atom stereocenters. The van der Waals surface area contributed by atoms with E-state index in [9.17, 15) is 9.59 Å². The first-order chi connectivity index (χ1) is 15.6. The molecule has 1 aliphatic carbocycles. The summed E-state index contributed by atoms with van der Waals surface area (Å²) in [6, 6.07) is 15.2. The molecule has 0 spiro atoms. The van der Waals surface area contributed by atoms with Crippen LogP contribution in [-0.4, -0.2) is 11.0 Å².